The summed E-state index contributed by atoms with van der Waals surface area (Å²) in [5.41, 5.74) is 2.39. The lowest BCUT2D eigenvalue weighted by Crippen LogP contribution is -2.25. The molecule has 0 aromatic heterocycles. The van der Waals surface area contributed by atoms with Crippen molar-refractivity contribution in [1.82, 2.24) is 0 Å². The summed E-state index contributed by atoms with van der Waals surface area (Å²) in [6.45, 7) is 0. The minimum Gasteiger partial charge on any atom is -0.292 e. The number of hydrogen-bond donors (Lipinski definition) is 0. The van der Waals surface area contributed by atoms with Crippen LogP contribution < -0.4 is 0 Å². The average molecular weight is 305 g/mol. The van der Waals surface area contributed by atoms with E-state index in [2.05, 4.69) is 15.9 Å². The van der Waals surface area contributed by atoms with E-state index in [1.807, 2.05) is 24.3 Å². The minimum atomic E-state index is -0.821. The Bertz CT molecular complexity index is 638. The van der Waals surface area contributed by atoms with Crippen molar-refractivity contribution in [3.8, 4) is 0 Å². The first-order chi connectivity index (χ1) is 8.61. The second-order valence-corrected chi connectivity index (χ2v) is 5.83. The first kappa shape index (κ1) is 11.6. The first-order valence-corrected chi connectivity index (χ1v) is 6.48. The van der Waals surface area contributed by atoms with Crippen LogP contribution in [0.15, 0.2) is 48.5 Å². The van der Waals surface area contributed by atoms with E-state index < -0.39 is 4.32 Å². The lowest BCUT2D eigenvalue weighted by molar-refractivity contribution is 0.0960. The van der Waals surface area contributed by atoms with Crippen molar-refractivity contribution in [3.63, 3.8) is 0 Å². The molecule has 1 unspecified atom stereocenters. The van der Waals surface area contributed by atoms with Gasteiger partial charge in [-0.1, -0.05) is 52.3 Å². The lowest BCUT2D eigenvalue weighted by atomic mass is 9.95. The molecule has 2 aromatic carbocycles. The summed E-state index contributed by atoms with van der Waals surface area (Å²) in [5, 5.41) is 0. The smallest absolute Gasteiger partial charge is 0.184 e. The van der Waals surface area contributed by atoms with Crippen LogP contribution in [0, 0.1) is 5.82 Å². The van der Waals surface area contributed by atoms with Gasteiger partial charge in [-0.25, -0.2) is 4.39 Å². The second-order valence-electron chi connectivity index (χ2n) is 4.47. The maximum absolute atomic E-state index is 13.3. The van der Waals surface area contributed by atoms with Crippen LogP contribution in [0.1, 0.15) is 21.5 Å². The van der Waals surface area contributed by atoms with Gasteiger partial charge in [0.25, 0.3) is 0 Å². The number of fused-ring (bicyclic) bond motifs is 1. The van der Waals surface area contributed by atoms with Crippen LogP contribution in [0.4, 0.5) is 4.39 Å². The molecular formula is C15H10BrFO. The van der Waals surface area contributed by atoms with E-state index in [0.29, 0.717) is 12.0 Å². The Labute approximate surface area is 113 Å². The zero-order chi connectivity index (χ0) is 12.8. The fourth-order valence-corrected chi connectivity index (χ4v) is 3.18. The lowest BCUT2D eigenvalue weighted by Gasteiger charge is -2.20. The highest BCUT2D eigenvalue weighted by atomic mass is 79.9. The second kappa shape index (κ2) is 4.02. The summed E-state index contributed by atoms with van der Waals surface area (Å²) in [7, 11) is 0. The summed E-state index contributed by atoms with van der Waals surface area (Å²) in [5.74, 6) is -0.321. The molecule has 1 aliphatic rings. The highest BCUT2D eigenvalue weighted by molar-refractivity contribution is 9.10. The van der Waals surface area contributed by atoms with Gasteiger partial charge in [0.05, 0.1) is 0 Å². The topological polar surface area (TPSA) is 17.1 Å². The van der Waals surface area contributed by atoms with Gasteiger partial charge in [-0.05, 0) is 29.7 Å². The van der Waals surface area contributed by atoms with Crippen molar-refractivity contribution in [1.29, 1.82) is 0 Å². The SMILES string of the molecule is O=C1c2ccccc2CC1(Br)c1cccc(F)c1. The number of carbonyl (C=O) groups is 1. The molecule has 0 N–H and O–H groups in total. The van der Waals surface area contributed by atoms with E-state index in [1.165, 1.54) is 12.1 Å². The predicted molar refractivity (Wildman–Crippen MR) is 71.5 cm³/mol. The van der Waals surface area contributed by atoms with Crippen LogP contribution in [0.5, 0.6) is 0 Å². The van der Waals surface area contributed by atoms with Gasteiger partial charge < -0.3 is 0 Å². The normalized spacial score (nSPS) is 22.0. The molecule has 0 amide bonds. The average Bonchev–Trinajstić information content (AvgIpc) is 2.64. The number of benzene rings is 2. The fraction of sp³-hybridized carbons (Fsp3) is 0.133. The molecule has 3 heteroatoms. The van der Waals surface area contributed by atoms with Gasteiger partial charge in [0.2, 0.25) is 0 Å². The molecule has 2 aromatic rings. The van der Waals surface area contributed by atoms with Crippen molar-refractivity contribution in [2.75, 3.05) is 0 Å². The third-order valence-electron chi connectivity index (χ3n) is 3.34. The molecule has 0 fully saturated rings. The quantitative estimate of drug-likeness (QED) is 0.731. The van der Waals surface area contributed by atoms with Gasteiger partial charge in [0.1, 0.15) is 10.1 Å². The summed E-state index contributed by atoms with van der Waals surface area (Å²) in [6, 6.07) is 13.7. The molecule has 0 spiro atoms. The number of ketones is 1. The Kier molecular flexibility index (Phi) is 2.59. The fourth-order valence-electron chi connectivity index (χ4n) is 2.42. The van der Waals surface area contributed by atoms with E-state index in [-0.39, 0.29) is 11.6 Å². The van der Waals surface area contributed by atoms with Gasteiger partial charge >= 0.3 is 0 Å². The maximum Gasteiger partial charge on any atom is 0.184 e. The monoisotopic (exact) mass is 304 g/mol. The molecule has 0 bridgehead atoms. The molecule has 0 heterocycles. The van der Waals surface area contributed by atoms with Crippen molar-refractivity contribution in [3.05, 3.63) is 71.0 Å². The Hall–Kier alpha value is -1.48. The Balaban J connectivity index is 2.12. The number of Topliss-reactive ketones (excluding diaryl/α,β-unsaturated/α-hetero) is 1. The van der Waals surface area contributed by atoms with Crippen LogP contribution in [0.3, 0.4) is 0 Å². The molecule has 18 heavy (non-hydrogen) atoms. The summed E-state index contributed by atoms with van der Waals surface area (Å²) in [4.78, 5) is 12.5. The minimum absolute atomic E-state index is 0.00343. The molecule has 90 valence electrons. The summed E-state index contributed by atoms with van der Waals surface area (Å²) >= 11 is 3.52. The van der Waals surface area contributed by atoms with Gasteiger partial charge in [-0.3, -0.25) is 4.79 Å². The highest BCUT2D eigenvalue weighted by Gasteiger charge is 2.44. The first-order valence-electron chi connectivity index (χ1n) is 5.69. The van der Waals surface area contributed by atoms with Gasteiger partial charge in [-0.2, -0.15) is 0 Å². The highest BCUT2D eigenvalue weighted by Crippen LogP contribution is 2.44. The van der Waals surface area contributed by atoms with Gasteiger partial charge in [0, 0.05) is 5.56 Å². The van der Waals surface area contributed by atoms with Crippen LogP contribution in [-0.4, -0.2) is 5.78 Å². The number of alkyl halides is 1. The summed E-state index contributed by atoms with van der Waals surface area (Å²) < 4.78 is 12.5. The molecule has 0 saturated heterocycles. The molecule has 0 radical (unpaired) electrons. The molecule has 3 rings (SSSR count). The zero-order valence-corrected chi connectivity index (χ0v) is 11.1. The number of rotatable bonds is 1. The van der Waals surface area contributed by atoms with Crippen LogP contribution in [0.25, 0.3) is 0 Å². The van der Waals surface area contributed by atoms with E-state index in [9.17, 15) is 9.18 Å². The van der Waals surface area contributed by atoms with Crippen molar-refractivity contribution < 1.29 is 9.18 Å². The Morgan fingerprint density at radius 2 is 1.89 bits per heavy atom. The van der Waals surface area contributed by atoms with Gasteiger partial charge in [-0.15, -0.1) is 0 Å². The molecule has 0 aliphatic heterocycles. The van der Waals surface area contributed by atoms with Crippen molar-refractivity contribution in [2.45, 2.75) is 10.7 Å². The van der Waals surface area contributed by atoms with Crippen molar-refractivity contribution >= 4 is 21.7 Å². The van der Waals surface area contributed by atoms with Crippen LogP contribution in [-0.2, 0) is 10.7 Å². The van der Waals surface area contributed by atoms with Crippen LogP contribution in [0.2, 0.25) is 0 Å². The number of halogens is 2. The molecule has 1 nitrogen and oxygen atoms in total. The van der Waals surface area contributed by atoms with E-state index in [0.717, 1.165) is 11.1 Å². The molecule has 0 saturated carbocycles. The molecule has 1 atom stereocenters. The predicted octanol–water partition coefficient (Wildman–Crippen LogP) is 3.85. The van der Waals surface area contributed by atoms with Gasteiger partial charge in [0.15, 0.2) is 5.78 Å². The van der Waals surface area contributed by atoms with E-state index >= 15 is 0 Å². The van der Waals surface area contributed by atoms with Crippen LogP contribution >= 0.6 is 15.9 Å². The Morgan fingerprint density at radius 3 is 2.61 bits per heavy atom. The Morgan fingerprint density at radius 1 is 1.11 bits per heavy atom. The largest absolute Gasteiger partial charge is 0.292 e. The maximum atomic E-state index is 13.3. The molecule has 1 aliphatic carbocycles. The van der Waals surface area contributed by atoms with E-state index in [1.54, 1.807) is 12.1 Å². The third kappa shape index (κ3) is 1.62. The molecular weight excluding hydrogens is 295 g/mol. The van der Waals surface area contributed by atoms with Crippen molar-refractivity contribution in [2.24, 2.45) is 0 Å². The van der Waals surface area contributed by atoms with E-state index in [4.69, 9.17) is 0 Å². The third-order valence-corrected chi connectivity index (χ3v) is 4.44. The zero-order valence-electron chi connectivity index (χ0n) is 9.49. The number of hydrogen-bond acceptors (Lipinski definition) is 1. The number of carbonyl (C=O) groups excluding carboxylic acids is 1. The summed E-state index contributed by atoms with van der Waals surface area (Å²) in [6.07, 6.45) is 0.561. The standard InChI is InChI=1S/C15H10BrFO/c16-15(11-5-3-6-12(17)8-11)9-10-4-1-2-7-13(10)14(15)18/h1-8H,9H2.